The van der Waals surface area contributed by atoms with E-state index in [9.17, 15) is 21.6 Å². The highest BCUT2D eigenvalue weighted by atomic mass is 35.5. The van der Waals surface area contributed by atoms with Gasteiger partial charge in [-0.25, -0.2) is 13.1 Å². The van der Waals surface area contributed by atoms with Gasteiger partial charge in [-0.3, -0.25) is 4.72 Å². The molecule has 0 saturated carbocycles. The molecule has 2 aromatic carbocycles. The van der Waals surface area contributed by atoms with Gasteiger partial charge in [-0.2, -0.15) is 18.3 Å². The number of aromatic nitrogens is 2. The number of para-hydroxylation sites is 1. The standard InChI is InChI=1S/C17H13ClF3N3O2S/c1-11-5-7-12(8-6-11)27(25,26)23-14-4-2-3-13(18)16(14)24-10-9-15(22-24)17(19,20)21/h2-10,23H,1H3. The molecule has 1 N–H and O–H groups in total. The van der Waals surface area contributed by atoms with E-state index in [0.717, 1.165) is 22.5 Å². The van der Waals surface area contributed by atoms with Crippen molar-refractivity contribution in [3.8, 4) is 5.69 Å². The zero-order valence-electron chi connectivity index (χ0n) is 13.8. The second kappa shape index (κ2) is 6.90. The monoisotopic (exact) mass is 415 g/mol. The summed E-state index contributed by atoms with van der Waals surface area (Å²) in [6.07, 6.45) is -3.57. The van der Waals surface area contributed by atoms with Crippen LogP contribution in [0.2, 0.25) is 5.02 Å². The number of nitrogens with zero attached hydrogens (tertiary/aromatic N) is 2. The van der Waals surface area contributed by atoms with Gasteiger partial charge in [-0.05, 0) is 37.3 Å². The Balaban J connectivity index is 2.04. The average molecular weight is 416 g/mol. The molecule has 27 heavy (non-hydrogen) atoms. The van der Waals surface area contributed by atoms with Crippen LogP contribution in [-0.2, 0) is 16.2 Å². The molecule has 0 bridgehead atoms. The molecule has 0 radical (unpaired) electrons. The van der Waals surface area contributed by atoms with Crippen molar-refractivity contribution < 1.29 is 21.6 Å². The first-order valence-electron chi connectivity index (χ1n) is 7.59. The molecule has 0 spiro atoms. The van der Waals surface area contributed by atoms with E-state index in [1.165, 1.54) is 30.3 Å². The SMILES string of the molecule is Cc1ccc(S(=O)(=O)Nc2cccc(Cl)c2-n2ccc(C(F)(F)F)n2)cc1. The molecule has 3 aromatic rings. The topological polar surface area (TPSA) is 64.0 Å². The maximum atomic E-state index is 12.8. The number of alkyl halides is 3. The average Bonchev–Trinajstić information content (AvgIpc) is 3.05. The van der Waals surface area contributed by atoms with Gasteiger partial charge in [0.05, 0.1) is 15.6 Å². The smallest absolute Gasteiger partial charge is 0.277 e. The van der Waals surface area contributed by atoms with Crippen LogP contribution >= 0.6 is 11.6 Å². The van der Waals surface area contributed by atoms with E-state index in [0.29, 0.717) is 0 Å². The summed E-state index contributed by atoms with van der Waals surface area (Å²) in [5.41, 5.74) is -0.242. The van der Waals surface area contributed by atoms with Crippen LogP contribution in [0.5, 0.6) is 0 Å². The molecule has 0 unspecified atom stereocenters. The fourth-order valence-corrected chi connectivity index (χ4v) is 3.68. The third-order valence-electron chi connectivity index (χ3n) is 3.67. The van der Waals surface area contributed by atoms with E-state index in [2.05, 4.69) is 9.82 Å². The molecular weight excluding hydrogens is 403 g/mol. The van der Waals surface area contributed by atoms with E-state index < -0.39 is 21.9 Å². The maximum absolute atomic E-state index is 12.8. The molecular formula is C17H13ClF3N3O2S. The fourth-order valence-electron chi connectivity index (χ4n) is 2.35. The molecule has 0 atom stereocenters. The number of anilines is 1. The van der Waals surface area contributed by atoms with Crippen LogP contribution in [-0.4, -0.2) is 18.2 Å². The fraction of sp³-hybridized carbons (Fsp3) is 0.118. The minimum atomic E-state index is -4.63. The van der Waals surface area contributed by atoms with Crippen LogP contribution in [0.25, 0.3) is 5.69 Å². The van der Waals surface area contributed by atoms with Gasteiger partial charge in [0, 0.05) is 6.20 Å². The van der Waals surface area contributed by atoms with E-state index in [1.54, 1.807) is 12.1 Å². The number of nitrogens with one attached hydrogen (secondary N) is 1. The summed E-state index contributed by atoms with van der Waals surface area (Å²) in [7, 11) is -3.97. The van der Waals surface area contributed by atoms with Crippen molar-refractivity contribution in [3.05, 3.63) is 71.0 Å². The highest BCUT2D eigenvalue weighted by Gasteiger charge is 2.34. The molecule has 10 heteroatoms. The van der Waals surface area contributed by atoms with Gasteiger partial charge in [-0.15, -0.1) is 0 Å². The van der Waals surface area contributed by atoms with Gasteiger partial charge < -0.3 is 0 Å². The zero-order valence-corrected chi connectivity index (χ0v) is 15.4. The van der Waals surface area contributed by atoms with Crippen molar-refractivity contribution in [3.63, 3.8) is 0 Å². The Labute approximate surface area is 158 Å². The Bertz CT molecular complexity index is 1080. The van der Waals surface area contributed by atoms with Gasteiger partial charge >= 0.3 is 6.18 Å². The lowest BCUT2D eigenvalue weighted by Gasteiger charge is -2.14. The third kappa shape index (κ3) is 4.09. The van der Waals surface area contributed by atoms with Crippen molar-refractivity contribution in [2.75, 3.05) is 4.72 Å². The highest BCUT2D eigenvalue weighted by molar-refractivity contribution is 7.92. The van der Waals surface area contributed by atoms with E-state index in [-0.39, 0.29) is 21.3 Å². The minimum Gasteiger partial charge on any atom is -0.277 e. The van der Waals surface area contributed by atoms with E-state index in [1.807, 2.05) is 6.92 Å². The van der Waals surface area contributed by atoms with E-state index in [4.69, 9.17) is 11.6 Å². The highest BCUT2D eigenvalue weighted by Crippen LogP contribution is 2.32. The van der Waals surface area contributed by atoms with Crippen molar-refractivity contribution in [1.29, 1.82) is 0 Å². The number of sulfonamides is 1. The first kappa shape index (κ1) is 19.2. The van der Waals surface area contributed by atoms with Crippen LogP contribution in [0.15, 0.2) is 59.6 Å². The summed E-state index contributed by atoms with van der Waals surface area (Å²) in [6, 6.07) is 11.2. The lowest BCUT2D eigenvalue weighted by Crippen LogP contribution is -2.15. The second-order valence-electron chi connectivity index (χ2n) is 5.70. The van der Waals surface area contributed by atoms with Gasteiger partial charge in [0.2, 0.25) is 0 Å². The number of rotatable bonds is 4. The number of halogens is 4. The Kier molecular flexibility index (Phi) is 4.92. The number of hydrogen-bond donors (Lipinski definition) is 1. The number of benzene rings is 2. The predicted molar refractivity (Wildman–Crippen MR) is 95.6 cm³/mol. The summed E-state index contributed by atoms with van der Waals surface area (Å²) >= 11 is 6.11. The largest absolute Gasteiger partial charge is 0.435 e. The normalized spacial score (nSPS) is 12.2. The quantitative estimate of drug-likeness (QED) is 0.674. The molecule has 0 aliphatic carbocycles. The maximum Gasteiger partial charge on any atom is 0.435 e. The molecule has 0 aliphatic rings. The summed E-state index contributed by atoms with van der Waals surface area (Å²) in [5.74, 6) is 0. The first-order chi connectivity index (χ1) is 12.6. The van der Waals surface area contributed by atoms with Crippen LogP contribution < -0.4 is 4.72 Å². The van der Waals surface area contributed by atoms with Crippen molar-refractivity contribution in [2.45, 2.75) is 18.0 Å². The summed E-state index contributed by atoms with van der Waals surface area (Å²) in [5, 5.41) is 3.50. The van der Waals surface area contributed by atoms with Gasteiger partial charge in [-0.1, -0.05) is 35.4 Å². The third-order valence-corrected chi connectivity index (χ3v) is 5.36. The lowest BCUT2D eigenvalue weighted by atomic mass is 10.2. The molecule has 0 amide bonds. The molecule has 1 aromatic heterocycles. The molecule has 142 valence electrons. The van der Waals surface area contributed by atoms with Crippen LogP contribution in [0, 0.1) is 6.92 Å². The lowest BCUT2D eigenvalue weighted by molar-refractivity contribution is -0.141. The summed E-state index contributed by atoms with van der Waals surface area (Å²) in [4.78, 5) is 0.00970. The first-order valence-corrected chi connectivity index (χ1v) is 9.45. The molecule has 1 heterocycles. The molecule has 0 saturated heterocycles. The van der Waals surface area contributed by atoms with Crippen molar-refractivity contribution >= 4 is 27.3 Å². The Morgan fingerprint density at radius 1 is 1.07 bits per heavy atom. The Morgan fingerprint density at radius 3 is 2.33 bits per heavy atom. The molecule has 5 nitrogen and oxygen atoms in total. The number of aryl methyl sites for hydroxylation is 1. The minimum absolute atomic E-state index is 0.0000931. The van der Waals surface area contributed by atoms with Gasteiger partial charge in [0.25, 0.3) is 10.0 Å². The molecule has 0 fully saturated rings. The molecule has 0 aliphatic heterocycles. The number of hydrogen-bond acceptors (Lipinski definition) is 3. The Morgan fingerprint density at radius 2 is 1.74 bits per heavy atom. The van der Waals surface area contributed by atoms with Gasteiger partial charge in [0.15, 0.2) is 5.69 Å². The van der Waals surface area contributed by atoms with Crippen LogP contribution in [0.4, 0.5) is 18.9 Å². The predicted octanol–water partition coefficient (Wildman–Crippen LogP) is 4.65. The Hall–Kier alpha value is -2.52. The van der Waals surface area contributed by atoms with Crippen LogP contribution in [0.3, 0.4) is 0 Å². The second-order valence-corrected chi connectivity index (χ2v) is 7.79. The van der Waals surface area contributed by atoms with E-state index >= 15 is 0 Å². The summed E-state index contributed by atoms with van der Waals surface area (Å²) in [6.45, 7) is 1.81. The van der Waals surface area contributed by atoms with Crippen molar-refractivity contribution in [1.82, 2.24) is 9.78 Å². The summed E-state index contributed by atoms with van der Waals surface area (Å²) < 4.78 is 66.9. The van der Waals surface area contributed by atoms with Crippen LogP contribution in [0.1, 0.15) is 11.3 Å². The van der Waals surface area contributed by atoms with Gasteiger partial charge in [0.1, 0.15) is 5.69 Å². The zero-order chi connectivity index (χ0) is 19.8. The van der Waals surface area contributed by atoms with Crippen molar-refractivity contribution in [2.24, 2.45) is 0 Å². The molecule has 3 rings (SSSR count).